The molecule has 0 spiro atoms. The van der Waals surface area contributed by atoms with Crippen molar-refractivity contribution in [3.8, 4) is 5.75 Å². The highest BCUT2D eigenvalue weighted by Crippen LogP contribution is 2.29. The molecule has 0 aromatic heterocycles. The molecule has 134 valence electrons. The molecule has 0 radical (unpaired) electrons. The number of amides is 1. The predicted octanol–water partition coefficient (Wildman–Crippen LogP) is 3.30. The van der Waals surface area contributed by atoms with Crippen LogP contribution in [0.2, 0.25) is 0 Å². The second-order valence-corrected chi connectivity index (χ2v) is 6.19. The highest BCUT2D eigenvalue weighted by atomic mass is 16.6. The number of carbonyl (C=O) groups is 2. The molecule has 0 saturated heterocycles. The quantitative estimate of drug-likeness (QED) is 0.487. The second kappa shape index (κ2) is 7.35. The van der Waals surface area contributed by atoms with Gasteiger partial charge in [0.1, 0.15) is 6.29 Å². The van der Waals surface area contributed by atoms with Crippen LogP contribution < -0.4 is 10.1 Å². The third-order valence-corrected chi connectivity index (χ3v) is 4.35. The molecule has 0 saturated carbocycles. The van der Waals surface area contributed by atoms with Gasteiger partial charge < -0.3 is 10.1 Å². The molecule has 0 heterocycles. The topological polar surface area (TPSA) is 98.5 Å². The molecule has 0 aliphatic heterocycles. The first kappa shape index (κ1) is 17.6. The van der Waals surface area contributed by atoms with Gasteiger partial charge >= 0.3 is 5.69 Å². The Hall–Kier alpha value is -3.22. The van der Waals surface area contributed by atoms with Crippen molar-refractivity contribution in [2.75, 3.05) is 5.32 Å². The van der Waals surface area contributed by atoms with Crippen molar-refractivity contribution in [1.82, 2.24) is 0 Å². The van der Waals surface area contributed by atoms with Crippen molar-refractivity contribution in [3.05, 3.63) is 63.2 Å². The first-order valence-corrected chi connectivity index (χ1v) is 8.31. The molecular formula is C19H18N2O5. The monoisotopic (exact) mass is 354 g/mol. The molecule has 3 rings (SSSR count). The van der Waals surface area contributed by atoms with Crippen LogP contribution in [0.4, 0.5) is 11.4 Å². The minimum absolute atomic E-state index is 0.0581. The summed E-state index contributed by atoms with van der Waals surface area (Å²) in [5, 5.41) is 13.9. The number of nitro groups is 1. The molecule has 2 aromatic carbocycles. The molecule has 26 heavy (non-hydrogen) atoms. The number of aryl methyl sites for hydroxylation is 2. The van der Waals surface area contributed by atoms with Gasteiger partial charge in [-0.05, 0) is 61.6 Å². The third kappa shape index (κ3) is 3.72. The predicted molar refractivity (Wildman–Crippen MR) is 95.7 cm³/mol. The van der Waals surface area contributed by atoms with Crippen molar-refractivity contribution < 1.29 is 19.2 Å². The van der Waals surface area contributed by atoms with Gasteiger partial charge in [-0.1, -0.05) is 6.07 Å². The number of rotatable bonds is 6. The maximum atomic E-state index is 12.4. The fourth-order valence-electron chi connectivity index (χ4n) is 2.99. The number of nitrogens with one attached hydrogen (secondary N) is 1. The Kier molecular flexibility index (Phi) is 4.97. The smallest absolute Gasteiger partial charge is 0.311 e. The lowest BCUT2D eigenvalue weighted by Crippen LogP contribution is -2.30. The largest absolute Gasteiger partial charge is 0.474 e. The summed E-state index contributed by atoms with van der Waals surface area (Å²) >= 11 is 0. The maximum Gasteiger partial charge on any atom is 0.311 e. The lowest BCUT2D eigenvalue weighted by atomic mass is 10.1. The number of aldehydes is 1. The zero-order chi connectivity index (χ0) is 18.7. The van der Waals surface area contributed by atoms with Gasteiger partial charge in [-0.25, -0.2) is 0 Å². The van der Waals surface area contributed by atoms with E-state index in [0.29, 0.717) is 12.0 Å². The van der Waals surface area contributed by atoms with Crippen LogP contribution in [-0.4, -0.2) is 23.2 Å². The van der Waals surface area contributed by atoms with Gasteiger partial charge in [0.05, 0.1) is 4.92 Å². The van der Waals surface area contributed by atoms with E-state index in [9.17, 15) is 19.7 Å². The van der Waals surface area contributed by atoms with Crippen LogP contribution in [0.3, 0.4) is 0 Å². The average Bonchev–Trinajstić information content (AvgIpc) is 3.09. The summed E-state index contributed by atoms with van der Waals surface area (Å²) in [6.45, 7) is 1.51. The Morgan fingerprint density at radius 3 is 2.73 bits per heavy atom. The van der Waals surface area contributed by atoms with Crippen LogP contribution in [0.25, 0.3) is 0 Å². The third-order valence-electron chi connectivity index (χ3n) is 4.35. The van der Waals surface area contributed by atoms with Gasteiger partial charge in [0.15, 0.2) is 11.9 Å². The van der Waals surface area contributed by atoms with Gasteiger partial charge in [-0.3, -0.25) is 19.7 Å². The summed E-state index contributed by atoms with van der Waals surface area (Å²) in [5.74, 6) is -0.464. The molecule has 0 fully saturated rings. The van der Waals surface area contributed by atoms with Crippen LogP contribution in [0.1, 0.15) is 34.8 Å². The summed E-state index contributed by atoms with van der Waals surface area (Å²) in [5.41, 5.74) is 3.03. The van der Waals surface area contributed by atoms with Gasteiger partial charge in [0.25, 0.3) is 5.91 Å². The van der Waals surface area contributed by atoms with Gasteiger partial charge in [-0.2, -0.15) is 0 Å². The van der Waals surface area contributed by atoms with E-state index in [4.69, 9.17) is 4.74 Å². The van der Waals surface area contributed by atoms with Crippen molar-refractivity contribution >= 4 is 23.6 Å². The van der Waals surface area contributed by atoms with Crippen LogP contribution in [0.15, 0.2) is 36.4 Å². The fraction of sp³-hybridized carbons (Fsp3) is 0.263. The van der Waals surface area contributed by atoms with Crippen LogP contribution >= 0.6 is 0 Å². The Morgan fingerprint density at radius 2 is 2.00 bits per heavy atom. The first-order chi connectivity index (χ1) is 12.5. The van der Waals surface area contributed by atoms with E-state index in [-0.39, 0.29) is 17.0 Å². The van der Waals surface area contributed by atoms with Crippen molar-refractivity contribution in [1.29, 1.82) is 0 Å². The summed E-state index contributed by atoms with van der Waals surface area (Å²) in [6, 6.07) is 9.64. The number of carbonyl (C=O) groups excluding carboxylic acids is 2. The number of fused-ring (bicyclic) bond motifs is 1. The Balaban J connectivity index is 1.71. The number of hydrogen-bond acceptors (Lipinski definition) is 5. The molecule has 1 amide bonds. The minimum Gasteiger partial charge on any atom is -0.474 e. The Morgan fingerprint density at radius 1 is 1.23 bits per heavy atom. The normalized spacial score (nSPS) is 13.6. The van der Waals surface area contributed by atoms with Crippen LogP contribution in [-0.2, 0) is 17.6 Å². The fourth-order valence-corrected chi connectivity index (χ4v) is 2.99. The minimum atomic E-state index is -0.941. The zero-order valence-electron chi connectivity index (χ0n) is 14.2. The number of nitro benzene ring substituents is 1. The summed E-state index contributed by atoms with van der Waals surface area (Å²) in [7, 11) is 0. The summed E-state index contributed by atoms with van der Waals surface area (Å²) in [6.07, 6.45) is 2.75. The maximum absolute atomic E-state index is 12.4. The van der Waals surface area contributed by atoms with E-state index < -0.39 is 16.9 Å². The van der Waals surface area contributed by atoms with Gasteiger partial charge in [0.2, 0.25) is 0 Å². The SMILES string of the molecule is C[C@H](Oc1ccc(C=O)cc1[N+](=O)[O-])C(=O)Nc1ccc2c(c1)CCC2. The van der Waals surface area contributed by atoms with Crippen LogP contribution in [0.5, 0.6) is 5.75 Å². The Bertz CT molecular complexity index is 878. The molecule has 2 aromatic rings. The molecule has 7 heteroatoms. The van der Waals surface area contributed by atoms with E-state index in [2.05, 4.69) is 5.32 Å². The molecule has 1 atom stereocenters. The molecule has 1 aliphatic rings. The first-order valence-electron chi connectivity index (χ1n) is 8.31. The van der Waals surface area contributed by atoms with E-state index in [1.165, 1.54) is 30.2 Å². The molecular weight excluding hydrogens is 336 g/mol. The number of nitrogens with zero attached hydrogens (tertiary/aromatic N) is 1. The van der Waals surface area contributed by atoms with E-state index in [1.807, 2.05) is 18.2 Å². The summed E-state index contributed by atoms with van der Waals surface area (Å²) in [4.78, 5) is 33.6. The van der Waals surface area contributed by atoms with Gasteiger partial charge in [0, 0.05) is 17.3 Å². The van der Waals surface area contributed by atoms with Crippen molar-refractivity contribution in [2.24, 2.45) is 0 Å². The standard InChI is InChI=1S/C19H18N2O5/c1-12(26-18-8-5-13(11-22)9-17(18)21(24)25)19(23)20-16-7-6-14-3-2-4-15(14)10-16/h5-12H,2-4H2,1H3,(H,20,23)/t12-/m0/s1. The van der Waals surface area contributed by atoms with Crippen molar-refractivity contribution in [3.63, 3.8) is 0 Å². The van der Waals surface area contributed by atoms with Crippen LogP contribution in [0, 0.1) is 10.1 Å². The number of hydrogen-bond donors (Lipinski definition) is 1. The molecule has 1 N–H and O–H groups in total. The Labute approximate surface area is 150 Å². The van der Waals surface area contributed by atoms with E-state index in [0.717, 1.165) is 25.3 Å². The molecule has 7 nitrogen and oxygen atoms in total. The molecule has 1 aliphatic carbocycles. The number of benzene rings is 2. The zero-order valence-corrected chi connectivity index (χ0v) is 14.2. The summed E-state index contributed by atoms with van der Waals surface area (Å²) < 4.78 is 5.46. The molecule has 0 bridgehead atoms. The highest BCUT2D eigenvalue weighted by Gasteiger charge is 2.22. The van der Waals surface area contributed by atoms with E-state index in [1.54, 1.807) is 0 Å². The van der Waals surface area contributed by atoms with Crippen molar-refractivity contribution in [2.45, 2.75) is 32.3 Å². The van der Waals surface area contributed by atoms with E-state index >= 15 is 0 Å². The lowest BCUT2D eigenvalue weighted by Gasteiger charge is -2.15. The van der Waals surface area contributed by atoms with Gasteiger partial charge in [-0.15, -0.1) is 0 Å². The second-order valence-electron chi connectivity index (χ2n) is 6.19. The average molecular weight is 354 g/mol. The number of anilines is 1. The number of ether oxygens (including phenoxy) is 1. The lowest BCUT2D eigenvalue weighted by molar-refractivity contribution is -0.386. The highest BCUT2D eigenvalue weighted by molar-refractivity contribution is 5.94. The molecule has 0 unspecified atom stereocenters.